The quantitative estimate of drug-likeness (QED) is 0.217. The zero-order valence-electron chi connectivity index (χ0n) is 20.1. The molecule has 182 valence electrons. The fourth-order valence-electron chi connectivity index (χ4n) is 3.18. The van der Waals surface area contributed by atoms with Crippen molar-refractivity contribution in [3.63, 3.8) is 0 Å². The van der Waals surface area contributed by atoms with Gasteiger partial charge in [-0.05, 0) is 57.0 Å². The fourth-order valence-corrected chi connectivity index (χ4v) is 4.96. The van der Waals surface area contributed by atoms with Gasteiger partial charge in [-0.1, -0.05) is 25.1 Å². The van der Waals surface area contributed by atoms with E-state index in [2.05, 4.69) is 22.4 Å². The molecule has 0 saturated heterocycles. The molecule has 34 heavy (non-hydrogen) atoms. The van der Waals surface area contributed by atoms with Crippen LogP contribution in [-0.2, 0) is 16.6 Å². The molecule has 1 aromatic carbocycles. The summed E-state index contributed by atoms with van der Waals surface area (Å²) in [6.45, 7) is 8.64. The number of aryl methyl sites for hydroxylation is 1. The number of esters is 1. The van der Waals surface area contributed by atoms with Gasteiger partial charge in [0.25, 0.3) is 0 Å². The number of carbonyl (C=O) groups is 2. The first-order valence-corrected chi connectivity index (χ1v) is 13.0. The van der Waals surface area contributed by atoms with E-state index in [9.17, 15) is 9.59 Å². The second kappa shape index (κ2) is 12.0. The second-order valence-corrected chi connectivity index (χ2v) is 9.80. The van der Waals surface area contributed by atoms with E-state index in [1.807, 2.05) is 49.7 Å². The van der Waals surface area contributed by atoms with Crippen molar-refractivity contribution in [2.24, 2.45) is 7.05 Å². The Kier molecular flexibility index (Phi) is 9.12. The van der Waals surface area contributed by atoms with Gasteiger partial charge in [0, 0.05) is 17.5 Å². The van der Waals surface area contributed by atoms with E-state index in [1.54, 1.807) is 6.92 Å². The minimum atomic E-state index is -0.424. The van der Waals surface area contributed by atoms with Crippen LogP contribution in [0, 0.1) is 13.8 Å². The number of thioether (sulfide) groups is 1. The van der Waals surface area contributed by atoms with Crippen LogP contribution in [0.2, 0.25) is 0 Å². The molecule has 2 aromatic heterocycles. The summed E-state index contributed by atoms with van der Waals surface area (Å²) in [6.07, 6.45) is 2.11. The van der Waals surface area contributed by atoms with Crippen LogP contribution in [-0.4, -0.2) is 45.6 Å². The fraction of sp³-hybridized carbons (Fsp3) is 0.417. The molecule has 0 saturated carbocycles. The van der Waals surface area contributed by atoms with Crippen LogP contribution in [0.5, 0.6) is 5.75 Å². The minimum Gasteiger partial charge on any atom is -0.494 e. The number of aromatic nitrogens is 3. The first-order valence-electron chi connectivity index (χ1n) is 11.2. The molecule has 8 nitrogen and oxygen atoms in total. The van der Waals surface area contributed by atoms with Crippen LogP contribution in [0.1, 0.15) is 47.5 Å². The molecule has 0 aliphatic rings. The summed E-state index contributed by atoms with van der Waals surface area (Å²) in [5.74, 6) is 1.01. The summed E-state index contributed by atoms with van der Waals surface area (Å²) >= 11 is 2.65. The Hall–Kier alpha value is -2.85. The van der Waals surface area contributed by atoms with Crippen LogP contribution < -0.4 is 10.1 Å². The zero-order chi connectivity index (χ0) is 24.7. The maximum absolute atomic E-state index is 12.6. The average molecular weight is 503 g/mol. The van der Waals surface area contributed by atoms with E-state index in [0.717, 1.165) is 34.6 Å². The van der Waals surface area contributed by atoms with Gasteiger partial charge in [-0.25, -0.2) is 4.79 Å². The van der Waals surface area contributed by atoms with Gasteiger partial charge in [0.2, 0.25) is 5.91 Å². The molecule has 1 amide bonds. The van der Waals surface area contributed by atoms with E-state index < -0.39 is 5.97 Å². The Morgan fingerprint density at radius 1 is 1.15 bits per heavy atom. The van der Waals surface area contributed by atoms with Crippen molar-refractivity contribution < 1.29 is 19.1 Å². The van der Waals surface area contributed by atoms with Gasteiger partial charge in [0.05, 0.1) is 24.5 Å². The van der Waals surface area contributed by atoms with Crippen LogP contribution >= 0.6 is 23.1 Å². The van der Waals surface area contributed by atoms with Crippen molar-refractivity contribution in [3.8, 4) is 17.1 Å². The second-order valence-electron chi connectivity index (χ2n) is 7.64. The van der Waals surface area contributed by atoms with Gasteiger partial charge >= 0.3 is 5.97 Å². The van der Waals surface area contributed by atoms with Gasteiger partial charge in [-0.3, -0.25) is 4.79 Å². The Labute approximate surface area is 208 Å². The standard InChI is InChI=1S/C24H30N4O4S2/c1-6-8-13-32-18-11-9-17(10-12-18)21-26-27-24(28(21)5)33-14-19(29)25-22-20(23(30)31-7-2)15(3)16(4)34-22/h9-12H,6-8,13-14H2,1-5H3,(H,25,29). The van der Waals surface area contributed by atoms with Crippen molar-refractivity contribution in [2.75, 3.05) is 24.3 Å². The number of rotatable bonds is 11. The summed E-state index contributed by atoms with van der Waals surface area (Å²) in [4.78, 5) is 25.9. The van der Waals surface area contributed by atoms with E-state index >= 15 is 0 Å². The molecule has 0 radical (unpaired) electrons. The smallest absolute Gasteiger partial charge is 0.341 e. The predicted octanol–water partition coefficient (Wildman–Crippen LogP) is 5.25. The van der Waals surface area contributed by atoms with Crippen LogP contribution in [0.15, 0.2) is 29.4 Å². The summed E-state index contributed by atoms with van der Waals surface area (Å²) in [6, 6.07) is 7.74. The number of carbonyl (C=O) groups excluding carboxylic acids is 2. The third kappa shape index (κ3) is 6.18. The first-order chi connectivity index (χ1) is 16.3. The number of unbranched alkanes of at least 4 members (excludes halogenated alkanes) is 1. The van der Waals surface area contributed by atoms with Gasteiger partial charge < -0.3 is 19.4 Å². The first kappa shape index (κ1) is 25.8. The molecule has 0 fully saturated rings. The normalized spacial score (nSPS) is 10.9. The summed E-state index contributed by atoms with van der Waals surface area (Å²) in [5.41, 5.74) is 2.16. The summed E-state index contributed by atoms with van der Waals surface area (Å²) < 4.78 is 12.7. The van der Waals surface area contributed by atoms with E-state index in [0.29, 0.717) is 28.2 Å². The van der Waals surface area contributed by atoms with Crippen molar-refractivity contribution in [2.45, 2.75) is 45.7 Å². The molecular weight excluding hydrogens is 472 g/mol. The third-order valence-electron chi connectivity index (χ3n) is 5.16. The van der Waals surface area contributed by atoms with Crippen LogP contribution in [0.3, 0.4) is 0 Å². The number of ether oxygens (including phenoxy) is 2. The van der Waals surface area contributed by atoms with E-state index in [1.165, 1.54) is 23.1 Å². The molecule has 2 heterocycles. The Morgan fingerprint density at radius 2 is 1.88 bits per heavy atom. The molecule has 0 aliphatic carbocycles. The molecule has 0 aliphatic heterocycles. The Balaban J connectivity index is 1.63. The highest BCUT2D eigenvalue weighted by molar-refractivity contribution is 7.99. The molecule has 0 unspecified atom stereocenters. The maximum Gasteiger partial charge on any atom is 0.341 e. The number of hydrogen-bond acceptors (Lipinski definition) is 8. The monoisotopic (exact) mass is 502 g/mol. The van der Waals surface area contributed by atoms with Crippen molar-refractivity contribution in [3.05, 3.63) is 40.3 Å². The summed E-state index contributed by atoms with van der Waals surface area (Å²) in [7, 11) is 1.87. The zero-order valence-corrected chi connectivity index (χ0v) is 21.8. The van der Waals surface area contributed by atoms with E-state index in [4.69, 9.17) is 9.47 Å². The highest BCUT2D eigenvalue weighted by Gasteiger charge is 2.22. The maximum atomic E-state index is 12.6. The van der Waals surface area contributed by atoms with Crippen LogP contribution in [0.25, 0.3) is 11.4 Å². The third-order valence-corrected chi connectivity index (χ3v) is 7.31. The van der Waals surface area contributed by atoms with Gasteiger partial charge in [0.15, 0.2) is 11.0 Å². The van der Waals surface area contributed by atoms with Crippen LogP contribution in [0.4, 0.5) is 5.00 Å². The molecule has 3 aromatic rings. The van der Waals surface area contributed by atoms with Gasteiger partial charge in [-0.15, -0.1) is 21.5 Å². The molecule has 1 N–H and O–H groups in total. The average Bonchev–Trinajstić information content (AvgIpc) is 3.31. The number of nitrogens with one attached hydrogen (secondary N) is 1. The Morgan fingerprint density at radius 3 is 2.56 bits per heavy atom. The number of anilines is 1. The topological polar surface area (TPSA) is 95.3 Å². The van der Waals surface area contributed by atoms with E-state index in [-0.39, 0.29) is 18.3 Å². The lowest BCUT2D eigenvalue weighted by Gasteiger charge is -2.08. The minimum absolute atomic E-state index is 0.133. The highest BCUT2D eigenvalue weighted by Crippen LogP contribution is 2.33. The largest absolute Gasteiger partial charge is 0.494 e. The number of thiophene rings is 1. The molecular formula is C24H30N4O4S2. The highest BCUT2D eigenvalue weighted by atomic mass is 32.2. The Bertz CT molecular complexity index is 1140. The van der Waals surface area contributed by atoms with Crippen molar-refractivity contribution in [1.29, 1.82) is 0 Å². The lowest BCUT2D eigenvalue weighted by Crippen LogP contribution is -2.16. The van der Waals surface area contributed by atoms with Gasteiger partial charge in [-0.2, -0.15) is 0 Å². The number of amides is 1. The lowest BCUT2D eigenvalue weighted by atomic mass is 10.1. The number of nitrogens with zero attached hydrogens (tertiary/aromatic N) is 3. The molecule has 0 spiro atoms. The molecule has 10 heteroatoms. The van der Waals surface area contributed by atoms with Crippen molar-refractivity contribution >= 4 is 40.0 Å². The van der Waals surface area contributed by atoms with Gasteiger partial charge in [0.1, 0.15) is 10.8 Å². The number of hydrogen-bond donors (Lipinski definition) is 1. The SMILES string of the molecule is CCCCOc1ccc(-c2nnc(SCC(=O)Nc3sc(C)c(C)c3C(=O)OCC)n2C)cc1. The predicted molar refractivity (Wildman–Crippen MR) is 136 cm³/mol. The molecule has 3 rings (SSSR count). The summed E-state index contributed by atoms with van der Waals surface area (Å²) in [5, 5.41) is 12.5. The number of benzene rings is 1. The molecule has 0 atom stereocenters. The lowest BCUT2D eigenvalue weighted by molar-refractivity contribution is -0.113. The van der Waals surface area contributed by atoms with Crippen molar-refractivity contribution in [1.82, 2.24) is 14.8 Å². The molecule has 0 bridgehead atoms.